The zero-order valence-electron chi connectivity index (χ0n) is 13.2. The van der Waals surface area contributed by atoms with Gasteiger partial charge >= 0.3 is 0 Å². The fraction of sp³-hybridized carbons (Fsp3) is 0.588. The van der Waals surface area contributed by atoms with E-state index in [2.05, 4.69) is 60.3 Å². The summed E-state index contributed by atoms with van der Waals surface area (Å²) in [5.74, 6) is 1.62. The Morgan fingerprint density at radius 1 is 1.29 bits per heavy atom. The Kier molecular flexibility index (Phi) is 3.46. The maximum Gasteiger partial charge on any atom is 0.127 e. The van der Waals surface area contributed by atoms with Crippen LogP contribution in [0.3, 0.4) is 0 Å². The quantitative estimate of drug-likeness (QED) is 0.627. The summed E-state index contributed by atoms with van der Waals surface area (Å²) in [5.41, 5.74) is 2.92. The Morgan fingerprint density at radius 2 is 1.90 bits per heavy atom. The number of aromatic nitrogens is 2. The summed E-state index contributed by atoms with van der Waals surface area (Å²) in [4.78, 5) is 4.74. The highest BCUT2D eigenvalue weighted by Gasteiger charge is 2.64. The highest BCUT2D eigenvalue weighted by Crippen LogP contribution is 2.69. The Bertz CT molecular complexity index is 686. The number of benzene rings is 1. The van der Waals surface area contributed by atoms with Gasteiger partial charge in [-0.05, 0) is 41.9 Å². The van der Waals surface area contributed by atoms with Crippen LogP contribution in [0.25, 0.3) is 11.0 Å². The molecule has 3 rings (SSSR count). The molecule has 0 bridgehead atoms. The minimum Gasteiger partial charge on any atom is -0.326 e. The minimum absolute atomic E-state index is 0.0823. The molecule has 1 saturated carbocycles. The smallest absolute Gasteiger partial charge is 0.127 e. The molecule has 0 amide bonds. The molecule has 1 aromatic heterocycles. The summed E-state index contributed by atoms with van der Waals surface area (Å²) in [5, 5.41) is -0.0823. The van der Waals surface area contributed by atoms with Crippen molar-refractivity contribution in [1.82, 2.24) is 9.55 Å². The van der Waals surface area contributed by atoms with Gasteiger partial charge in [-0.1, -0.05) is 43.6 Å². The number of rotatable bonds is 3. The van der Waals surface area contributed by atoms with Crippen LogP contribution in [-0.2, 0) is 6.54 Å². The minimum atomic E-state index is -0.0823. The molecule has 1 unspecified atom stereocenters. The molecule has 1 heterocycles. The van der Waals surface area contributed by atoms with E-state index in [0.717, 1.165) is 22.4 Å². The van der Waals surface area contributed by atoms with Gasteiger partial charge in [0, 0.05) is 11.0 Å². The number of nitrogens with zero attached hydrogens (tertiary/aromatic N) is 2. The average Bonchev–Trinajstić information content (AvgIpc) is 2.70. The van der Waals surface area contributed by atoms with Crippen molar-refractivity contribution in [3.05, 3.63) is 28.5 Å². The third kappa shape index (κ3) is 2.24. The zero-order valence-corrected chi connectivity index (χ0v) is 15.6. The first-order valence-corrected chi connectivity index (χ1v) is 8.69. The predicted molar refractivity (Wildman–Crippen MR) is 92.8 cm³/mol. The average molecular weight is 370 g/mol. The Balaban J connectivity index is 2.08. The molecule has 0 N–H and O–H groups in total. The molecule has 1 atom stereocenters. The molecule has 2 aromatic rings. The highest BCUT2D eigenvalue weighted by atomic mass is 79.9. The largest absolute Gasteiger partial charge is 0.326 e. The Hall–Kier alpha value is -0.540. The molecule has 0 saturated heterocycles. The molecule has 1 aliphatic carbocycles. The lowest BCUT2D eigenvalue weighted by molar-refractivity contribution is 0.457. The van der Waals surface area contributed by atoms with Crippen LogP contribution in [0.5, 0.6) is 0 Å². The topological polar surface area (TPSA) is 17.8 Å². The van der Waals surface area contributed by atoms with E-state index in [4.69, 9.17) is 16.6 Å². The summed E-state index contributed by atoms with van der Waals surface area (Å²) >= 11 is 9.94. The van der Waals surface area contributed by atoms with Gasteiger partial charge in [-0.2, -0.15) is 0 Å². The van der Waals surface area contributed by atoms with Crippen LogP contribution >= 0.6 is 27.5 Å². The number of fused-ring (bicyclic) bond motifs is 1. The second kappa shape index (κ2) is 4.73. The van der Waals surface area contributed by atoms with Crippen molar-refractivity contribution in [3.63, 3.8) is 0 Å². The lowest BCUT2D eigenvalue weighted by atomic mass is 10.0. The molecule has 21 heavy (non-hydrogen) atoms. The van der Waals surface area contributed by atoms with Gasteiger partial charge < -0.3 is 4.57 Å². The molecule has 2 nitrogen and oxygen atoms in total. The summed E-state index contributed by atoms with van der Waals surface area (Å²) in [6, 6.07) is 6.24. The van der Waals surface area contributed by atoms with Crippen molar-refractivity contribution in [2.75, 3.05) is 0 Å². The number of imidazole rings is 1. The van der Waals surface area contributed by atoms with Crippen LogP contribution in [0.4, 0.5) is 0 Å². The number of hydrogen-bond acceptors (Lipinski definition) is 1. The first kappa shape index (κ1) is 15.4. The van der Waals surface area contributed by atoms with Gasteiger partial charge in [0.1, 0.15) is 5.82 Å². The Morgan fingerprint density at radius 3 is 2.43 bits per heavy atom. The van der Waals surface area contributed by atoms with Crippen molar-refractivity contribution in [3.8, 4) is 0 Å². The van der Waals surface area contributed by atoms with E-state index in [1.165, 1.54) is 5.52 Å². The molecule has 1 aromatic carbocycles. The van der Waals surface area contributed by atoms with E-state index in [9.17, 15) is 0 Å². The lowest BCUT2D eigenvalue weighted by Crippen LogP contribution is -2.09. The van der Waals surface area contributed by atoms with Gasteiger partial charge in [-0.25, -0.2) is 4.98 Å². The fourth-order valence-corrected chi connectivity index (χ4v) is 4.10. The summed E-state index contributed by atoms with van der Waals surface area (Å²) < 4.78 is 3.40. The molecule has 114 valence electrons. The van der Waals surface area contributed by atoms with Crippen molar-refractivity contribution in [1.29, 1.82) is 0 Å². The van der Waals surface area contributed by atoms with Crippen molar-refractivity contribution in [2.24, 2.45) is 16.7 Å². The van der Waals surface area contributed by atoms with Gasteiger partial charge in [0.2, 0.25) is 0 Å². The number of hydrogen-bond donors (Lipinski definition) is 0. The number of alkyl halides is 1. The van der Waals surface area contributed by atoms with Gasteiger partial charge in [0.25, 0.3) is 0 Å². The van der Waals surface area contributed by atoms with Crippen molar-refractivity contribution >= 4 is 38.6 Å². The zero-order chi connectivity index (χ0) is 15.6. The van der Waals surface area contributed by atoms with Gasteiger partial charge in [-0.3, -0.25) is 0 Å². The monoisotopic (exact) mass is 368 g/mol. The fourth-order valence-electron chi connectivity index (χ4n) is 3.58. The third-order valence-corrected chi connectivity index (χ3v) is 6.47. The summed E-state index contributed by atoms with van der Waals surface area (Å²) in [6.45, 7) is 12.4. The van der Waals surface area contributed by atoms with Crippen LogP contribution in [0.2, 0.25) is 0 Å². The van der Waals surface area contributed by atoms with E-state index in [1.54, 1.807) is 0 Å². The molecular weight excluding hydrogens is 348 g/mol. The van der Waals surface area contributed by atoms with Crippen molar-refractivity contribution < 1.29 is 0 Å². The van der Waals surface area contributed by atoms with E-state index in [-0.39, 0.29) is 5.38 Å². The van der Waals surface area contributed by atoms with E-state index >= 15 is 0 Å². The summed E-state index contributed by atoms with van der Waals surface area (Å²) in [6.07, 6.45) is 0. The molecule has 0 radical (unpaired) electrons. The Labute approximate surface area is 140 Å². The maximum absolute atomic E-state index is 6.37. The van der Waals surface area contributed by atoms with Crippen LogP contribution in [0.1, 0.15) is 45.8 Å². The van der Waals surface area contributed by atoms with E-state index in [0.29, 0.717) is 16.7 Å². The van der Waals surface area contributed by atoms with Crippen LogP contribution < -0.4 is 0 Å². The van der Waals surface area contributed by atoms with Crippen LogP contribution in [0, 0.1) is 16.7 Å². The lowest BCUT2D eigenvalue weighted by Gasteiger charge is -2.12. The first-order chi connectivity index (χ1) is 9.66. The molecule has 1 aliphatic rings. The van der Waals surface area contributed by atoms with Crippen LogP contribution in [-0.4, -0.2) is 9.55 Å². The highest BCUT2D eigenvalue weighted by molar-refractivity contribution is 9.10. The number of halogens is 2. The first-order valence-electron chi connectivity index (χ1n) is 7.46. The maximum atomic E-state index is 6.37. The molecule has 0 spiro atoms. The van der Waals surface area contributed by atoms with E-state index in [1.807, 2.05) is 13.0 Å². The standard InChI is InChI=1S/C17H22BrClN2/c1-10(19)15-20-12-7-6-11(18)8-13(12)21(15)9-14-16(2,3)17(14,4)5/h6-8,10,14H,9H2,1-5H3. The van der Waals surface area contributed by atoms with E-state index < -0.39 is 0 Å². The normalized spacial score (nSPS) is 21.7. The molecule has 0 aliphatic heterocycles. The van der Waals surface area contributed by atoms with Gasteiger partial charge in [-0.15, -0.1) is 11.6 Å². The SMILES string of the molecule is CC(Cl)c1nc2ccc(Br)cc2n1CC1C(C)(C)C1(C)C. The summed E-state index contributed by atoms with van der Waals surface area (Å²) in [7, 11) is 0. The second-order valence-electron chi connectivity index (χ2n) is 7.33. The molecule has 4 heteroatoms. The molecular formula is C17H22BrClN2. The van der Waals surface area contributed by atoms with Crippen molar-refractivity contribution in [2.45, 2.75) is 46.5 Å². The van der Waals surface area contributed by atoms with Gasteiger partial charge in [0.15, 0.2) is 0 Å². The van der Waals surface area contributed by atoms with Crippen LogP contribution in [0.15, 0.2) is 22.7 Å². The predicted octanol–water partition coefficient (Wildman–Crippen LogP) is 5.78. The van der Waals surface area contributed by atoms with Gasteiger partial charge in [0.05, 0.1) is 16.4 Å². The third-order valence-electron chi connectivity index (χ3n) is 5.78. The second-order valence-corrected chi connectivity index (χ2v) is 8.90. The molecule has 1 fully saturated rings.